The molecule has 0 spiro atoms. The summed E-state index contributed by atoms with van der Waals surface area (Å²) in [6, 6.07) is 21.0. The normalized spacial score (nSPS) is 11.1. The van der Waals surface area contributed by atoms with E-state index in [1.807, 2.05) is 60.8 Å². The van der Waals surface area contributed by atoms with Crippen molar-refractivity contribution in [3.05, 3.63) is 100 Å². The van der Waals surface area contributed by atoms with Crippen LogP contribution in [0.15, 0.2) is 72.9 Å². The fourth-order valence-electron chi connectivity index (χ4n) is 4.15. The van der Waals surface area contributed by atoms with Crippen LogP contribution in [0.2, 0.25) is 5.02 Å². The fraction of sp³-hybridized carbons (Fsp3) is 0.250. The van der Waals surface area contributed by atoms with E-state index in [0.717, 1.165) is 64.8 Å². The largest absolute Gasteiger partial charge is 0.508 e. The molecule has 0 saturated heterocycles. The molecule has 0 fully saturated rings. The predicted octanol–water partition coefficient (Wildman–Crippen LogP) is 5.61. The highest BCUT2D eigenvalue weighted by Crippen LogP contribution is 2.23. The average molecular weight is 476 g/mol. The van der Waals surface area contributed by atoms with Gasteiger partial charge in [0.15, 0.2) is 0 Å². The Hall–Kier alpha value is -3.28. The van der Waals surface area contributed by atoms with Gasteiger partial charge in [-0.2, -0.15) is 0 Å². The summed E-state index contributed by atoms with van der Waals surface area (Å²) < 4.78 is 0. The SMILES string of the molecule is O=C(NCCCCc1ccccc1Cl)c1ccccc1CNCCc1c[nH]c2ccc(O)cc12. The Balaban J connectivity index is 1.23. The van der Waals surface area contributed by atoms with Gasteiger partial charge in [-0.05, 0) is 79.3 Å². The van der Waals surface area contributed by atoms with Crippen LogP contribution < -0.4 is 10.6 Å². The zero-order valence-corrected chi connectivity index (χ0v) is 19.9. The van der Waals surface area contributed by atoms with Gasteiger partial charge >= 0.3 is 0 Å². The number of halogens is 1. The van der Waals surface area contributed by atoms with Crippen LogP contribution in [0.25, 0.3) is 10.9 Å². The molecule has 0 atom stereocenters. The summed E-state index contributed by atoms with van der Waals surface area (Å²) in [4.78, 5) is 16.0. The van der Waals surface area contributed by atoms with E-state index in [9.17, 15) is 9.90 Å². The zero-order chi connectivity index (χ0) is 23.8. The Kier molecular flexibility index (Phi) is 8.23. The summed E-state index contributed by atoms with van der Waals surface area (Å²) >= 11 is 6.21. The summed E-state index contributed by atoms with van der Waals surface area (Å²) in [5.41, 5.74) is 5.00. The highest BCUT2D eigenvalue weighted by Gasteiger charge is 2.11. The Labute approximate surface area is 205 Å². The number of aromatic hydroxyl groups is 1. The molecular weight excluding hydrogens is 446 g/mol. The summed E-state index contributed by atoms with van der Waals surface area (Å²) in [6.07, 6.45) is 5.59. The smallest absolute Gasteiger partial charge is 0.251 e. The lowest BCUT2D eigenvalue weighted by Gasteiger charge is -2.11. The second kappa shape index (κ2) is 11.7. The first-order valence-electron chi connectivity index (χ1n) is 11.7. The lowest BCUT2D eigenvalue weighted by molar-refractivity contribution is 0.0952. The molecule has 4 rings (SSSR count). The van der Waals surface area contributed by atoms with E-state index in [1.165, 1.54) is 0 Å². The minimum absolute atomic E-state index is 0.0396. The minimum atomic E-state index is -0.0396. The first-order chi connectivity index (χ1) is 16.6. The Morgan fingerprint density at radius 3 is 2.53 bits per heavy atom. The van der Waals surface area contributed by atoms with Crippen LogP contribution in [0.3, 0.4) is 0 Å². The van der Waals surface area contributed by atoms with E-state index >= 15 is 0 Å². The van der Waals surface area contributed by atoms with Gasteiger partial charge in [0, 0.05) is 40.8 Å². The van der Waals surface area contributed by atoms with E-state index in [2.05, 4.69) is 15.6 Å². The van der Waals surface area contributed by atoms with Crippen LogP contribution >= 0.6 is 11.6 Å². The number of rotatable bonds is 11. The molecule has 5 nitrogen and oxygen atoms in total. The molecule has 4 aromatic rings. The number of aromatic nitrogens is 1. The summed E-state index contributed by atoms with van der Waals surface area (Å²) in [5, 5.41) is 18.1. The third kappa shape index (κ3) is 6.19. The maximum absolute atomic E-state index is 12.8. The first kappa shape index (κ1) is 23.9. The number of aromatic amines is 1. The van der Waals surface area contributed by atoms with Gasteiger partial charge in [0.25, 0.3) is 5.91 Å². The number of carbonyl (C=O) groups excluding carboxylic acids is 1. The second-order valence-electron chi connectivity index (χ2n) is 8.43. The number of phenols is 1. The van der Waals surface area contributed by atoms with Crippen molar-refractivity contribution < 1.29 is 9.90 Å². The number of phenolic OH excluding ortho intramolecular Hbond substituents is 1. The number of amides is 1. The Morgan fingerprint density at radius 1 is 0.882 bits per heavy atom. The third-order valence-electron chi connectivity index (χ3n) is 6.02. The molecule has 0 bridgehead atoms. The molecule has 1 aromatic heterocycles. The Bertz CT molecular complexity index is 1250. The number of fused-ring (bicyclic) bond motifs is 1. The number of unbranched alkanes of at least 4 members (excludes halogenated alkanes) is 1. The molecular formula is C28H30ClN3O2. The lowest BCUT2D eigenvalue weighted by Crippen LogP contribution is -2.27. The van der Waals surface area contributed by atoms with Crippen molar-refractivity contribution in [3.8, 4) is 5.75 Å². The van der Waals surface area contributed by atoms with Crippen molar-refractivity contribution in [1.29, 1.82) is 0 Å². The van der Waals surface area contributed by atoms with E-state index in [4.69, 9.17) is 11.6 Å². The number of hydrogen-bond acceptors (Lipinski definition) is 3. The molecule has 0 aliphatic rings. The van der Waals surface area contributed by atoms with Crippen LogP contribution in [0.1, 0.15) is 39.9 Å². The highest BCUT2D eigenvalue weighted by atomic mass is 35.5. The van der Waals surface area contributed by atoms with E-state index in [0.29, 0.717) is 18.7 Å². The van der Waals surface area contributed by atoms with Crippen LogP contribution in [-0.2, 0) is 19.4 Å². The van der Waals surface area contributed by atoms with Gasteiger partial charge in [-0.1, -0.05) is 48.0 Å². The number of nitrogens with one attached hydrogen (secondary N) is 3. The molecule has 0 aliphatic heterocycles. The van der Waals surface area contributed by atoms with Gasteiger partial charge in [-0.3, -0.25) is 4.79 Å². The molecule has 34 heavy (non-hydrogen) atoms. The van der Waals surface area contributed by atoms with Crippen molar-refractivity contribution in [1.82, 2.24) is 15.6 Å². The predicted molar refractivity (Wildman–Crippen MR) is 139 cm³/mol. The molecule has 0 saturated carbocycles. The van der Waals surface area contributed by atoms with E-state index in [-0.39, 0.29) is 11.7 Å². The second-order valence-corrected chi connectivity index (χ2v) is 8.84. The lowest BCUT2D eigenvalue weighted by atomic mass is 10.1. The van der Waals surface area contributed by atoms with Gasteiger partial charge in [0.05, 0.1) is 0 Å². The van der Waals surface area contributed by atoms with Crippen molar-refractivity contribution in [2.75, 3.05) is 13.1 Å². The molecule has 1 amide bonds. The topological polar surface area (TPSA) is 77.2 Å². The van der Waals surface area contributed by atoms with Gasteiger partial charge in [-0.25, -0.2) is 0 Å². The van der Waals surface area contributed by atoms with E-state index in [1.54, 1.807) is 12.1 Å². The molecule has 3 aromatic carbocycles. The molecule has 0 aliphatic carbocycles. The van der Waals surface area contributed by atoms with E-state index < -0.39 is 0 Å². The monoisotopic (exact) mass is 475 g/mol. The van der Waals surface area contributed by atoms with Gasteiger partial charge in [0.1, 0.15) is 5.75 Å². The van der Waals surface area contributed by atoms with Crippen molar-refractivity contribution in [2.24, 2.45) is 0 Å². The zero-order valence-electron chi connectivity index (χ0n) is 19.1. The summed E-state index contributed by atoms with van der Waals surface area (Å²) in [6.45, 7) is 2.02. The van der Waals surface area contributed by atoms with Crippen LogP contribution in [0, 0.1) is 0 Å². The maximum atomic E-state index is 12.8. The van der Waals surface area contributed by atoms with Crippen molar-refractivity contribution in [2.45, 2.75) is 32.2 Å². The standard InChI is InChI=1S/C28H30ClN3O2/c29-26-11-4-2-7-20(26)8-5-6-15-31-28(34)24-10-3-1-9-21(24)18-30-16-14-22-19-32-27-13-12-23(33)17-25(22)27/h1-4,7,9-13,17,19,30,32-33H,5-6,8,14-16,18H2,(H,31,34). The van der Waals surface area contributed by atoms with Gasteiger partial charge in [-0.15, -0.1) is 0 Å². The van der Waals surface area contributed by atoms with Crippen LogP contribution in [0.5, 0.6) is 5.75 Å². The fourth-order valence-corrected chi connectivity index (χ4v) is 4.38. The maximum Gasteiger partial charge on any atom is 0.251 e. The minimum Gasteiger partial charge on any atom is -0.508 e. The Morgan fingerprint density at radius 2 is 1.68 bits per heavy atom. The highest BCUT2D eigenvalue weighted by molar-refractivity contribution is 6.31. The van der Waals surface area contributed by atoms with Crippen LogP contribution in [0.4, 0.5) is 0 Å². The summed E-state index contributed by atoms with van der Waals surface area (Å²) in [5.74, 6) is 0.229. The number of benzene rings is 3. The quantitative estimate of drug-likeness (QED) is 0.213. The van der Waals surface area contributed by atoms with Crippen molar-refractivity contribution >= 4 is 28.4 Å². The molecule has 6 heteroatoms. The molecule has 1 heterocycles. The number of aryl methyl sites for hydroxylation is 1. The number of hydrogen-bond donors (Lipinski definition) is 4. The first-order valence-corrected chi connectivity index (χ1v) is 12.1. The number of carbonyl (C=O) groups is 1. The molecule has 4 N–H and O–H groups in total. The molecule has 176 valence electrons. The molecule has 0 unspecified atom stereocenters. The third-order valence-corrected chi connectivity index (χ3v) is 6.38. The molecule has 0 radical (unpaired) electrons. The number of H-pyrrole nitrogens is 1. The average Bonchev–Trinajstić information content (AvgIpc) is 3.24. The van der Waals surface area contributed by atoms with Crippen LogP contribution in [-0.4, -0.2) is 29.1 Å². The summed E-state index contributed by atoms with van der Waals surface area (Å²) in [7, 11) is 0. The van der Waals surface area contributed by atoms with Gasteiger partial charge in [0.2, 0.25) is 0 Å². The van der Waals surface area contributed by atoms with Gasteiger partial charge < -0.3 is 20.7 Å². The van der Waals surface area contributed by atoms with Crippen molar-refractivity contribution in [3.63, 3.8) is 0 Å².